The number of anilines is 1. The van der Waals surface area contributed by atoms with E-state index in [1.54, 1.807) is 91.8 Å². The van der Waals surface area contributed by atoms with Gasteiger partial charge in [0.25, 0.3) is 40.5 Å². The number of hydrogen-bond donors (Lipinski definition) is 5. The number of fused-ring (bicyclic) bond motifs is 2. The van der Waals surface area contributed by atoms with E-state index in [4.69, 9.17) is 0 Å². The smallest absolute Gasteiger partial charge is 0.335 e. The molecular weight excluding hydrogens is 1150 g/mol. The molecule has 4 aromatic carbocycles. The molecule has 74 heavy (non-hydrogen) atoms. The minimum absolute atomic E-state index is 0.0174. The van der Waals surface area contributed by atoms with Crippen LogP contribution in [-0.2, 0) is 51.3 Å². The molecule has 23 heteroatoms. The van der Waals surface area contributed by atoms with Crippen molar-refractivity contribution >= 4 is 97.7 Å². The molecule has 1 aliphatic carbocycles. The first-order valence-electron chi connectivity index (χ1n) is 22.8. The summed E-state index contributed by atoms with van der Waals surface area (Å²) >= 11 is 2.08. The zero-order valence-electron chi connectivity index (χ0n) is 40.3. The Morgan fingerprint density at radius 2 is 1.18 bits per heavy atom. The lowest BCUT2D eigenvalue weighted by atomic mass is 9.64. The van der Waals surface area contributed by atoms with Gasteiger partial charge in [-0.15, -0.1) is 0 Å². The maximum Gasteiger partial charge on any atom is 0.335 e. The second-order valence-electron chi connectivity index (χ2n) is 19.4. The van der Waals surface area contributed by atoms with Gasteiger partial charge in [-0.05, 0) is 133 Å². The number of carboxylic acids is 1. The molecular formula is C51H52IN2O16S4+. The highest BCUT2D eigenvalue weighted by atomic mass is 127. The van der Waals surface area contributed by atoms with Crippen LogP contribution in [0.4, 0.5) is 11.4 Å². The number of benzene rings is 4. The maximum absolute atomic E-state index is 15.4. The zero-order valence-corrected chi connectivity index (χ0v) is 45.7. The predicted octanol–water partition coefficient (Wildman–Crippen LogP) is 8.05. The first-order valence-corrected chi connectivity index (χ1v) is 30.0. The highest BCUT2D eigenvalue weighted by molar-refractivity contribution is 14.1. The van der Waals surface area contributed by atoms with Crippen LogP contribution in [0.5, 0.6) is 0 Å². The molecule has 1 unspecified atom stereocenters. The minimum Gasteiger partial charge on any atom is -0.478 e. The Morgan fingerprint density at radius 3 is 1.73 bits per heavy atom. The summed E-state index contributed by atoms with van der Waals surface area (Å²) in [6.07, 6.45) is 7.94. The Morgan fingerprint density at radius 1 is 0.649 bits per heavy atom. The van der Waals surface area contributed by atoms with Crippen molar-refractivity contribution in [3.05, 3.63) is 164 Å². The van der Waals surface area contributed by atoms with Crippen molar-refractivity contribution in [3.8, 4) is 0 Å². The van der Waals surface area contributed by atoms with Crippen molar-refractivity contribution in [2.45, 2.75) is 74.0 Å². The van der Waals surface area contributed by atoms with Gasteiger partial charge in [0, 0.05) is 62.2 Å². The molecule has 0 saturated heterocycles. The number of nitrogens with zero attached hydrogens (tertiary/aromatic N) is 2. The average molecular weight is 1200 g/mol. The molecule has 1 atom stereocenters. The van der Waals surface area contributed by atoms with Crippen molar-refractivity contribution in [1.29, 1.82) is 0 Å². The van der Waals surface area contributed by atoms with E-state index in [-0.39, 0.29) is 65.3 Å². The van der Waals surface area contributed by atoms with Crippen molar-refractivity contribution in [1.82, 2.24) is 0 Å². The van der Waals surface area contributed by atoms with E-state index in [1.807, 2.05) is 0 Å². The molecule has 0 bridgehead atoms. The van der Waals surface area contributed by atoms with E-state index in [0.29, 0.717) is 45.1 Å². The summed E-state index contributed by atoms with van der Waals surface area (Å²) in [7, 11) is -18.1. The first kappa shape index (κ1) is 56.2. The molecule has 0 radical (unpaired) electrons. The summed E-state index contributed by atoms with van der Waals surface area (Å²) in [5.74, 6) is -3.65. The second kappa shape index (κ2) is 20.6. The highest BCUT2D eigenvalue weighted by Gasteiger charge is 2.50. The van der Waals surface area contributed by atoms with Crippen LogP contribution in [0.2, 0.25) is 0 Å². The zero-order chi connectivity index (χ0) is 54.6. The predicted molar refractivity (Wildman–Crippen MR) is 284 cm³/mol. The lowest BCUT2D eigenvalue weighted by molar-refractivity contribution is -0.437. The molecule has 7 rings (SSSR count). The maximum atomic E-state index is 15.4. The van der Waals surface area contributed by atoms with Crippen molar-refractivity contribution < 1.29 is 75.9 Å². The number of Topliss-reactive ketones (excluding diaryl/α,β-unsaturated/α-hetero) is 2. The SMILES string of the molecule is CC1(C)C(/C=C/C2=CC(=C/C=C3/N(CCCS(=O)(=O)O)c4ccc(S(=O)(=O)O)cc4C3(C)C)/CC(C(=O)c3ccc(I)cc3)(C(=O)c3ccc(C(=O)O)cc3)C2)=[N+](CCCS(=O)(=O)O)c2ccc(S(=O)(=O)O)cc21. The van der Waals surface area contributed by atoms with Gasteiger partial charge in [-0.1, -0.05) is 56.3 Å². The van der Waals surface area contributed by atoms with Crippen LogP contribution in [-0.4, -0.2) is 109 Å². The van der Waals surface area contributed by atoms with E-state index < -0.39 is 85.8 Å². The number of carbonyl (C=O) groups is 3. The fourth-order valence-corrected chi connectivity index (χ4v) is 12.3. The third kappa shape index (κ3) is 11.9. The largest absolute Gasteiger partial charge is 0.478 e. The van der Waals surface area contributed by atoms with E-state index in [1.165, 1.54) is 60.7 Å². The molecule has 2 aliphatic heterocycles. The molecule has 5 N–H and O–H groups in total. The molecule has 2 heterocycles. The lowest BCUT2D eigenvalue weighted by Crippen LogP contribution is -2.42. The summed E-state index contributed by atoms with van der Waals surface area (Å²) in [6.45, 7) is 7.17. The van der Waals surface area contributed by atoms with Gasteiger partial charge >= 0.3 is 5.97 Å². The van der Waals surface area contributed by atoms with Crippen LogP contribution in [0.1, 0.15) is 95.6 Å². The van der Waals surface area contributed by atoms with Gasteiger partial charge < -0.3 is 10.0 Å². The Hall–Kier alpha value is -5.51. The van der Waals surface area contributed by atoms with E-state index in [0.717, 1.165) is 3.57 Å². The van der Waals surface area contributed by atoms with Crippen molar-refractivity contribution in [2.24, 2.45) is 5.41 Å². The summed E-state index contributed by atoms with van der Waals surface area (Å²) in [6, 6.07) is 19.7. The van der Waals surface area contributed by atoms with Gasteiger partial charge in [-0.3, -0.25) is 27.8 Å². The van der Waals surface area contributed by atoms with Crippen LogP contribution >= 0.6 is 22.6 Å². The van der Waals surface area contributed by atoms with E-state index in [9.17, 15) is 61.8 Å². The number of rotatable bonds is 18. The number of ketones is 2. The molecule has 3 aliphatic rings. The third-order valence-electron chi connectivity index (χ3n) is 13.6. The molecule has 0 spiro atoms. The number of hydrogen-bond acceptors (Lipinski definition) is 12. The lowest BCUT2D eigenvalue weighted by Gasteiger charge is -2.35. The molecule has 0 saturated carbocycles. The van der Waals surface area contributed by atoms with Crippen molar-refractivity contribution in [2.75, 3.05) is 29.5 Å². The molecule has 392 valence electrons. The van der Waals surface area contributed by atoms with Gasteiger partial charge in [0.15, 0.2) is 17.3 Å². The van der Waals surface area contributed by atoms with Gasteiger partial charge in [-0.2, -0.15) is 38.2 Å². The fraction of sp³-hybridized carbons (Fsp3) is 0.294. The summed E-state index contributed by atoms with van der Waals surface area (Å²) in [5, 5.41) is 9.70. The normalized spacial score (nSPS) is 19.7. The standard InChI is InChI=1S/C51H51IN2O16S4/c1-49(2)40-28-38(73(65,66)67)17-19-42(40)53(23-5-25-71(59,60)61)44(49)21-7-32-27-33(8-22-45-50(3,4)41-29-39(74(68,69)70)18-20-43(41)54(45)24-6-26-72(62,63)64)31-51(30-32,47(56)35-13-15-37(52)16-14-35)46(55)34-9-11-36(12-10-34)48(57)58/h7-22,27-29H,5-6,23-26,30-31H2,1-4H3,(H4-,57,58,59,60,61,62,63,64,65,66,67,68,69,70)/p+1. The molecule has 0 aromatic heterocycles. The summed E-state index contributed by atoms with van der Waals surface area (Å²) in [4.78, 5) is 43.6. The minimum atomic E-state index is -4.67. The first-order chi connectivity index (χ1) is 34.2. The highest BCUT2D eigenvalue weighted by Crippen LogP contribution is 2.50. The number of allylic oxidation sites excluding steroid dienone is 8. The molecule has 0 fully saturated rings. The van der Waals surface area contributed by atoms with Gasteiger partial charge in [-0.25, -0.2) is 4.79 Å². The Labute approximate surface area is 443 Å². The van der Waals surface area contributed by atoms with Crippen LogP contribution in [0, 0.1) is 8.99 Å². The van der Waals surface area contributed by atoms with E-state index >= 15 is 9.59 Å². The van der Waals surface area contributed by atoms with Crippen LogP contribution < -0.4 is 4.90 Å². The van der Waals surface area contributed by atoms with Crippen LogP contribution in [0.25, 0.3) is 0 Å². The van der Waals surface area contributed by atoms with Gasteiger partial charge in [0.05, 0.1) is 32.3 Å². The van der Waals surface area contributed by atoms with Gasteiger partial charge in [0.1, 0.15) is 12.0 Å². The fourth-order valence-electron chi connectivity index (χ4n) is 9.95. The number of carbonyl (C=O) groups excluding carboxylic acids is 2. The van der Waals surface area contributed by atoms with Crippen LogP contribution in [0.3, 0.4) is 0 Å². The molecule has 4 aromatic rings. The average Bonchev–Trinajstić information content (AvgIpc) is 3.65. The third-order valence-corrected chi connectivity index (χ3v) is 17.6. The number of halogens is 1. The number of aromatic carboxylic acids is 1. The van der Waals surface area contributed by atoms with E-state index in [2.05, 4.69) is 22.6 Å². The topological polar surface area (TPSA) is 295 Å². The monoisotopic (exact) mass is 1200 g/mol. The quantitative estimate of drug-likeness (QED) is 0.0207. The Balaban J connectivity index is 1.45. The Kier molecular flexibility index (Phi) is 15.6. The Bertz CT molecular complexity index is 3640. The summed E-state index contributed by atoms with van der Waals surface area (Å²) < 4.78 is 139. The molecule has 0 amide bonds. The second-order valence-corrected chi connectivity index (χ2v) is 26.6. The van der Waals surface area contributed by atoms with Crippen molar-refractivity contribution in [3.63, 3.8) is 0 Å². The summed E-state index contributed by atoms with van der Waals surface area (Å²) in [5.41, 5.74) is -0.127. The van der Waals surface area contributed by atoms with Gasteiger partial charge in [0.2, 0.25) is 5.69 Å². The number of carboxylic acid groups (broad SMARTS) is 1. The molecule has 18 nitrogen and oxygen atoms in total. The van der Waals surface area contributed by atoms with Crippen LogP contribution in [0.15, 0.2) is 142 Å².